The summed E-state index contributed by atoms with van der Waals surface area (Å²) in [5.74, 6) is 0.531. The molecule has 132 valence electrons. The number of amides is 1. The lowest BCUT2D eigenvalue weighted by Crippen LogP contribution is -2.45. The summed E-state index contributed by atoms with van der Waals surface area (Å²) in [5, 5.41) is 15.0. The molecule has 1 saturated heterocycles. The number of carbonyl (C=O) groups is 1. The van der Waals surface area contributed by atoms with E-state index < -0.39 is 4.92 Å². The lowest BCUT2D eigenvalue weighted by Gasteiger charge is -2.32. The van der Waals surface area contributed by atoms with E-state index in [0.717, 1.165) is 25.3 Å². The zero-order valence-corrected chi connectivity index (χ0v) is 14.8. The van der Waals surface area contributed by atoms with Gasteiger partial charge in [-0.2, -0.15) is 0 Å². The molecule has 6 nitrogen and oxygen atoms in total. The zero-order valence-electron chi connectivity index (χ0n) is 13.2. The van der Waals surface area contributed by atoms with Crippen LogP contribution in [-0.4, -0.2) is 41.4 Å². The number of nitrogens with zero attached hydrogens (tertiary/aromatic N) is 2. The van der Waals surface area contributed by atoms with Crippen LogP contribution < -0.4 is 5.32 Å². The smallest absolute Gasteiger partial charge is 0.282 e. The molecule has 8 heteroatoms. The molecule has 1 aromatic carbocycles. The average molecular weight is 374 g/mol. The third kappa shape index (κ3) is 4.59. The molecule has 0 atom stereocenters. The molecule has 1 N–H and O–H groups in total. The number of nitrogens with one attached hydrogen (secondary N) is 1. The highest BCUT2D eigenvalue weighted by atomic mass is 35.5. The maximum absolute atomic E-state index is 12.6. The van der Waals surface area contributed by atoms with Gasteiger partial charge in [0, 0.05) is 30.2 Å². The summed E-state index contributed by atoms with van der Waals surface area (Å²) >= 11 is 5.90. The van der Waals surface area contributed by atoms with Crippen LogP contribution >= 0.6 is 24.0 Å². The van der Waals surface area contributed by atoms with Crippen molar-refractivity contribution in [1.82, 2.24) is 10.2 Å². The van der Waals surface area contributed by atoms with E-state index in [1.54, 1.807) is 4.90 Å². The van der Waals surface area contributed by atoms with Gasteiger partial charge in [-0.25, -0.2) is 0 Å². The Morgan fingerprint density at radius 3 is 2.54 bits per heavy atom. The summed E-state index contributed by atoms with van der Waals surface area (Å²) < 4.78 is 0. The molecule has 1 saturated carbocycles. The number of benzene rings is 1. The van der Waals surface area contributed by atoms with Crippen LogP contribution in [0.3, 0.4) is 0 Å². The van der Waals surface area contributed by atoms with Crippen molar-refractivity contribution >= 4 is 35.6 Å². The topological polar surface area (TPSA) is 75.5 Å². The van der Waals surface area contributed by atoms with E-state index >= 15 is 0 Å². The van der Waals surface area contributed by atoms with Crippen molar-refractivity contribution in [3.63, 3.8) is 0 Å². The van der Waals surface area contributed by atoms with Crippen molar-refractivity contribution in [2.75, 3.05) is 19.6 Å². The van der Waals surface area contributed by atoms with Crippen LogP contribution in [0.4, 0.5) is 5.69 Å². The third-order valence-electron chi connectivity index (χ3n) is 4.56. The molecule has 1 aliphatic carbocycles. The van der Waals surface area contributed by atoms with Gasteiger partial charge in [0.05, 0.1) is 4.92 Å². The van der Waals surface area contributed by atoms with E-state index in [-0.39, 0.29) is 29.6 Å². The summed E-state index contributed by atoms with van der Waals surface area (Å²) in [6.45, 7) is 2.30. The normalized spacial score (nSPS) is 18.1. The molecule has 1 aromatic rings. The van der Waals surface area contributed by atoms with Crippen molar-refractivity contribution in [2.24, 2.45) is 5.92 Å². The highest BCUT2D eigenvalue weighted by Crippen LogP contribution is 2.28. The van der Waals surface area contributed by atoms with Crippen LogP contribution in [0.2, 0.25) is 5.02 Å². The van der Waals surface area contributed by atoms with E-state index in [2.05, 4.69) is 5.32 Å². The quantitative estimate of drug-likeness (QED) is 0.634. The fourth-order valence-corrected chi connectivity index (χ4v) is 3.12. The first-order valence-electron chi connectivity index (χ1n) is 8.01. The van der Waals surface area contributed by atoms with Gasteiger partial charge in [-0.15, -0.1) is 12.4 Å². The van der Waals surface area contributed by atoms with E-state index in [4.69, 9.17) is 11.6 Å². The van der Waals surface area contributed by atoms with Gasteiger partial charge >= 0.3 is 0 Å². The summed E-state index contributed by atoms with van der Waals surface area (Å²) in [6.07, 6.45) is 4.41. The number of halogens is 2. The van der Waals surface area contributed by atoms with Crippen molar-refractivity contribution in [3.05, 3.63) is 38.9 Å². The van der Waals surface area contributed by atoms with Crippen molar-refractivity contribution in [1.29, 1.82) is 0 Å². The number of piperidine rings is 1. The predicted molar refractivity (Wildman–Crippen MR) is 95.0 cm³/mol. The molecule has 3 rings (SSSR count). The van der Waals surface area contributed by atoms with Crippen LogP contribution in [0.25, 0.3) is 0 Å². The SMILES string of the molecule is Cl.O=C(c1cc(Cl)ccc1[N+](=O)[O-])N1CCC(NCC2CC2)CC1. The van der Waals surface area contributed by atoms with Gasteiger partial charge < -0.3 is 10.2 Å². The Morgan fingerprint density at radius 2 is 1.96 bits per heavy atom. The molecular formula is C16H21Cl2N3O3. The van der Waals surface area contributed by atoms with Gasteiger partial charge in [0.1, 0.15) is 5.56 Å². The largest absolute Gasteiger partial charge is 0.338 e. The van der Waals surface area contributed by atoms with Gasteiger partial charge in [-0.1, -0.05) is 11.6 Å². The minimum Gasteiger partial charge on any atom is -0.338 e. The second kappa shape index (κ2) is 8.14. The summed E-state index contributed by atoms with van der Waals surface area (Å²) in [5.41, 5.74) is -0.111. The summed E-state index contributed by atoms with van der Waals surface area (Å²) in [7, 11) is 0. The molecule has 24 heavy (non-hydrogen) atoms. The van der Waals surface area contributed by atoms with Gasteiger partial charge in [0.15, 0.2) is 0 Å². The van der Waals surface area contributed by atoms with E-state index in [0.29, 0.717) is 24.2 Å². The van der Waals surface area contributed by atoms with Crippen LogP contribution in [0.15, 0.2) is 18.2 Å². The monoisotopic (exact) mass is 373 g/mol. The first-order chi connectivity index (χ1) is 11.0. The first-order valence-corrected chi connectivity index (χ1v) is 8.39. The van der Waals surface area contributed by atoms with Crippen molar-refractivity contribution < 1.29 is 9.72 Å². The molecule has 0 aromatic heterocycles. The van der Waals surface area contributed by atoms with Crippen LogP contribution in [0.5, 0.6) is 0 Å². The van der Waals surface area contributed by atoms with Crippen molar-refractivity contribution in [3.8, 4) is 0 Å². The van der Waals surface area contributed by atoms with Gasteiger partial charge in [0.2, 0.25) is 0 Å². The minimum absolute atomic E-state index is 0. The second-order valence-electron chi connectivity index (χ2n) is 6.34. The Bertz CT molecular complexity index is 615. The molecular weight excluding hydrogens is 353 g/mol. The predicted octanol–water partition coefficient (Wildman–Crippen LogP) is 3.27. The lowest BCUT2D eigenvalue weighted by molar-refractivity contribution is -0.385. The van der Waals surface area contributed by atoms with Crippen LogP contribution in [0, 0.1) is 16.0 Å². The Hall–Kier alpha value is -1.37. The highest BCUT2D eigenvalue weighted by Gasteiger charge is 2.29. The fourth-order valence-electron chi connectivity index (χ4n) is 2.95. The van der Waals surface area contributed by atoms with E-state index in [1.807, 2.05) is 0 Å². The first kappa shape index (κ1) is 19.0. The molecule has 0 unspecified atom stereocenters. The number of carbonyl (C=O) groups excluding carboxylic acids is 1. The number of rotatable bonds is 5. The lowest BCUT2D eigenvalue weighted by atomic mass is 10.0. The van der Waals surface area contributed by atoms with Gasteiger partial charge in [-0.3, -0.25) is 14.9 Å². The molecule has 1 aliphatic heterocycles. The maximum atomic E-state index is 12.6. The number of likely N-dealkylation sites (tertiary alicyclic amines) is 1. The Balaban J connectivity index is 0.00000208. The van der Waals surface area contributed by atoms with Gasteiger partial charge in [0.25, 0.3) is 11.6 Å². The van der Waals surface area contributed by atoms with Crippen molar-refractivity contribution in [2.45, 2.75) is 31.7 Å². The zero-order chi connectivity index (χ0) is 16.4. The van der Waals surface area contributed by atoms with E-state index in [1.165, 1.54) is 31.0 Å². The molecule has 0 bridgehead atoms. The number of hydrogen-bond acceptors (Lipinski definition) is 4. The Morgan fingerprint density at radius 1 is 1.29 bits per heavy atom. The summed E-state index contributed by atoms with van der Waals surface area (Å²) in [6, 6.07) is 4.55. The molecule has 0 spiro atoms. The molecule has 1 amide bonds. The minimum atomic E-state index is -0.534. The second-order valence-corrected chi connectivity index (χ2v) is 6.77. The Labute approximate surface area is 152 Å². The number of nitro benzene ring substituents is 1. The van der Waals surface area contributed by atoms with Crippen LogP contribution in [-0.2, 0) is 0 Å². The van der Waals surface area contributed by atoms with Crippen LogP contribution in [0.1, 0.15) is 36.0 Å². The average Bonchev–Trinajstić information content (AvgIpc) is 3.36. The molecule has 0 radical (unpaired) electrons. The molecule has 2 fully saturated rings. The summed E-state index contributed by atoms with van der Waals surface area (Å²) in [4.78, 5) is 24.9. The fraction of sp³-hybridized carbons (Fsp3) is 0.562. The van der Waals surface area contributed by atoms with E-state index in [9.17, 15) is 14.9 Å². The number of nitro groups is 1. The molecule has 1 heterocycles. The standard InChI is InChI=1S/C16H20ClN3O3.ClH/c17-12-3-4-15(20(22)23)14(9-12)16(21)19-7-5-13(6-8-19)18-10-11-1-2-11;/h3-4,9,11,13,18H,1-2,5-8,10H2;1H. The number of hydrogen-bond donors (Lipinski definition) is 1. The van der Waals surface area contributed by atoms with Gasteiger partial charge in [-0.05, 0) is 50.3 Å². The molecule has 2 aliphatic rings. The Kier molecular flexibility index (Phi) is 6.43. The maximum Gasteiger partial charge on any atom is 0.282 e. The third-order valence-corrected chi connectivity index (χ3v) is 4.80. The highest BCUT2D eigenvalue weighted by molar-refractivity contribution is 6.31.